The van der Waals surface area contributed by atoms with E-state index in [1.807, 2.05) is 4.68 Å². The number of aryl methyl sites for hydroxylation is 1. The van der Waals surface area contributed by atoms with E-state index in [2.05, 4.69) is 26.1 Å². The first kappa shape index (κ1) is 26.9. The van der Waals surface area contributed by atoms with E-state index in [9.17, 15) is 9.59 Å². The number of halogens is 2. The van der Waals surface area contributed by atoms with Gasteiger partial charge in [-0.25, -0.2) is 9.07 Å². The Kier molecular flexibility index (Phi) is 8.11. The predicted molar refractivity (Wildman–Crippen MR) is 135 cm³/mol. The van der Waals surface area contributed by atoms with Gasteiger partial charge in [-0.2, -0.15) is 5.10 Å². The van der Waals surface area contributed by atoms with Crippen LogP contribution < -0.4 is 16.8 Å². The highest BCUT2D eigenvalue weighted by atomic mass is 35.5. The first-order valence-electron chi connectivity index (χ1n) is 12.0. The van der Waals surface area contributed by atoms with Gasteiger partial charge < -0.3 is 21.5 Å². The van der Waals surface area contributed by atoms with Gasteiger partial charge in [-0.3, -0.25) is 9.59 Å². The highest BCUT2D eigenvalue weighted by Crippen LogP contribution is 2.38. The monoisotopic (exact) mass is 507 g/mol. The highest BCUT2D eigenvalue weighted by molar-refractivity contribution is 5.99. The van der Waals surface area contributed by atoms with Gasteiger partial charge in [-0.1, -0.05) is 20.8 Å². The van der Waals surface area contributed by atoms with Gasteiger partial charge >= 0.3 is 5.97 Å². The summed E-state index contributed by atoms with van der Waals surface area (Å²) in [4.78, 5) is 23.9. The molecule has 0 saturated heterocycles. The van der Waals surface area contributed by atoms with Crippen LogP contribution in [0.1, 0.15) is 73.8 Å². The molecule has 1 fully saturated rings. The van der Waals surface area contributed by atoms with Crippen molar-refractivity contribution in [3.8, 4) is 5.69 Å². The molecule has 35 heavy (non-hydrogen) atoms. The fourth-order valence-electron chi connectivity index (χ4n) is 5.24. The Labute approximate surface area is 211 Å². The second kappa shape index (κ2) is 10.5. The summed E-state index contributed by atoms with van der Waals surface area (Å²) in [5.74, 6) is -2.07. The van der Waals surface area contributed by atoms with Gasteiger partial charge in [-0.15, -0.1) is 12.4 Å². The average Bonchev–Trinajstić information content (AvgIpc) is 3.35. The van der Waals surface area contributed by atoms with Crippen molar-refractivity contribution in [3.63, 3.8) is 0 Å². The van der Waals surface area contributed by atoms with Gasteiger partial charge in [0.15, 0.2) is 0 Å². The van der Waals surface area contributed by atoms with E-state index >= 15 is 4.39 Å². The van der Waals surface area contributed by atoms with Crippen molar-refractivity contribution in [1.82, 2.24) is 9.78 Å². The maximum Gasteiger partial charge on any atom is 0.320 e. The molecule has 1 aromatic heterocycles. The number of hydrogen-bond acceptors (Lipinski definition) is 6. The van der Waals surface area contributed by atoms with Crippen LogP contribution in [-0.2, 0) is 28.8 Å². The molecule has 4 rings (SSSR count). The Hall–Kier alpha value is -2.65. The van der Waals surface area contributed by atoms with Crippen molar-refractivity contribution in [2.45, 2.75) is 77.9 Å². The molecule has 10 heteroatoms. The molecule has 0 spiro atoms. The third-order valence-electron chi connectivity index (χ3n) is 7.01. The number of esters is 1. The molecule has 2 aliphatic rings. The number of nitrogens with two attached hydrogens (primary N) is 2. The van der Waals surface area contributed by atoms with E-state index in [0.29, 0.717) is 18.5 Å². The van der Waals surface area contributed by atoms with Crippen LogP contribution >= 0.6 is 12.4 Å². The van der Waals surface area contributed by atoms with Crippen LogP contribution in [0.5, 0.6) is 0 Å². The number of benzene rings is 1. The van der Waals surface area contributed by atoms with E-state index in [0.717, 1.165) is 43.5 Å². The lowest BCUT2D eigenvalue weighted by Crippen LogP contribution is -2.35. The van der Waals surface area contributed by atoms with Crippen LogP contribution in [0.25, 0.3) is 5.69 Å². The Morgan fingerprint density at radius 2 is 2.06 bits per heavy atom. The zero-order valence-electron chi connectivity index (χ0n) is 20.5. The molecule has 0 bridgehead atoms. The summed E-state index contributed by atoms with van der Waals surface area (Å²) in [6.07, 6.45) is 5.43. The summed E-state index contributed by atoms with van der Waals surface area (Å²) in [5.41, 5.74) is 15.0. The molecule has 0 aliphatic heterocycles. The number of ether oxygens (including phenoxy) is 1. The standard InChI is InChI=1S/C25H34FN5O3.ClH/c1-4-17-15-8-9-25(2,3)12-20(15)31(30-17)14-10-16(26)23(24(28)33)19(11-14)29-18-6-5-7-21(18)34-22(32)13-27;/h10-11,18,21,29H,4-9,12-13,27H2,1-3H3,(H2,28,33);1H. The molecule has 1 heterocycles. The molecule has 8 nitrogen and oxygen atoms in total. The van der Waals surface area contributed by atoms with Crippen molar-refractivity contribution >= 4 is 30.0 Å². The van der Waals surface area contributed by atoms with E-state index in [1.54, 1.807) is 6.07 Å². The predicted octanol–water partition coefficient (Wildman–Crippen LogP) is 3.44. The van der Waals surface area contributed by atoms with Crippen molar-refractivity contribution < 1.29 is 18.7 Å². The van der Waals surface area contributed by atoms with Crippen LogP contribution in [0.3, 0.4) is 0 Å². The van der Waals surface area contributed by atoms with Gasteiger partial charge in [0.25, 0.3) is 5.91 Å². The first-order chi connectivity index (χ1) is 16.1. The number of carbonyl (C=O) groups excluding carboxylic acids is 2. The number of primary amides is 1. The van der Waals surface area contributed by atoms with E-state index in [-0.39, 0.29) is 41.7 Å². The summed E-state index contributed by atoms with van der Waals surface area (Å²) in [6.45, 7) is 6.32. The molecule has 1 saturated carbocycles. The second-order valence-electron chi connectivity index (χ2n) is 10.1. The van der Waals surface area contributed by atoms with Gasteiger partial charge in [0.05, 0.1) is 35.2 Å². The molecule has 192 valence electrons. The number of nitrogens with zero attached hydrogens (tertiary/aromatic N) is 2. The lowest BCUT2D eigenvalue weighted by Gasteiger charge is -2.30. The smallest absolute Gasteiger partial charge is 0.320 e. The van der Waals surface area contributed by atoms with Crippen molar-refractivity contribution in [1.29, 1.82) is 0 Å². The Bertz CT molecular complexity index is 1120. The minimum Gasteiger partial charge on any atom is -0.459 e. The maximum absolute atomic E-state index is 15.3. The van der Waals surface area contributed by atoms with Crippen molar-refractivity contribution in [2.24, 2.45) is 16.9 Å². The molecule has 0 radical (unpaired) electrons. The minimum absolute atomic E-state index is 0. The zero-order valence-corrected chi connectivity index (χ0v) is 21.3. The number of aromatic nitrogens is 2. The highest BCUT2D eigenvalue weighted by Gasteiger charge is 2.33. The number of fused-ring (bicyclic) bond motifs is 1. The fraction of sp³-hybridized carbons (Fsp3) is 0.560. The van der Waals surface area contributed by atoms with Gasteiger partial charge in [0, 0.05) is 11.8 Å². The van der Waals surface area contributed by atoms with Crippen LogP contribution in [0.15, 0.2) is 12.1 Å². The molecule has 1 aromatic carbocycles. The zero-order chi connectivity index (χ0) is 24.6. The quantitative estimate of drug-likeness (QED) is 0.493. The SMILES string of the molecule is CCc1nn(-c2cc(F)c(C(N)=O)c(NC3CCCC3OC(=O)CN)c2)c2c1CCC(C)(C)C2.Cl. The van der Waals surface area contributed by atoms with Crippen molar-refractivity contribution in [3.05, 3.63) is 40.5 Å². The lowest BCUT2D eigenvalue weighted by molar-refractivity contribution is -0.147. The Morgan fingerprint density at radius 3 is 2.71 bits per heavy atom. The van der Waals surface area contributed by atoms with Crippen molar-refractivity contribution in [2.75, 3.05) is 11.9 Å². The minimum atomic E-state index is -0.863. The second-order valence-corrected chi connectivity index (χ2v) is 10.1. The first-order valence-corrected chi connectivity index (χ1v) is 12.0. The molecule has 1 amide bonds. The number of nitrogens with one attached hydrogen (secondary N) is 1. The Balaban J connectivity index is 0.00000342. The van der Waals surface area contributed by atoms with Crippen LogP contribution in [0.4, 0.5) is 10.1 Å². The third kappa shape index (κ3) is 5.46. The summed E-state index contributed by atoms with van der Waals surface area (Å²) in [5, 5.41) is 8.06. The molecule has 2 atom stereocenters. The molecular formula is C25H35ClFN5O3. The van der Waals surface area contributed by atoms with Gasteiger partial charge in [0.1, 0.15) is 11.9 Å². The third-order valence-corrected chi connectivity index (χ3v) is 7.01. The van der Waals surface area contributed by atoms with Crippen LogP contribution in [0.2, 0.25) is 0 Å². The topological polar surface area (TPSA) is 125 Å². The molecule has 2 aromatic rings. The molecule has 5 N–H and O–H groups in total. The fourth-order valence-corrected chi connectivity index (χ4v) is 5.24. The summed E-state index contributed by atoms with van der Waals surface area (Å²) in [7, 11) is 0. The molecular weight excluding hydrogens is 473 g/mol. The summed E-state index contributed by atoms with van der Waals surface area (Å²) < 4.78 is 22.5. The van der Waals surface area contributed by atoms with E-state index in [1.165, 1.54) is 11.6 Å². The molecule has 2 aliphatic carbocycles. The lowest BCUT2D eigenvalue weighted by atomic mass is 9.76. The number of hydrogen-bond donors (Lipinski definition) is 3. The number of rotatable bonds is 7. The number of anilines is 1. The largest absolute Gasteiger partial charge is 0.459 e. The number of carbonyl (C=O) groups is 2. The number of amides is 1. The van der Waals surface area contributed by atoms with E-state index < -0.39 is 23.8 Å². The van der Waals surface area contributed by atoms with Gasteiger partial charge in [0.2, 0.25) is 0 Å². The summed E-state index contributed by atoms with van der Waals surface area (Å²) >= 11 is 0. The average molecular weight is 508 g/mol. The molecule has 2 unspecified atom stereocenters. The normalized spacial score (nSPS) is 20.6. The van der Waals surface area contributed by atoms with Crippen LogP contribution in [-0.4, -0.2) is 40.3 Å². The Morgan fingerprint density at radius 1 is 1.31 bits per heavy atom. The summed E-state index contributed by atoms with van der Waals surface area (Å²) in [6, 6.07) is 2.76. The van der Waals surface area contributed by atoms with E-state index in [4.69, 9.17) is 21.3 Å². The maximum atomic E-state index is 15.3. The van der Waals surface area contributed by atoms with Crippen LogP contribution in [0, 0.1) is 11.2 Å². The van der Waals surface area contributed by atoms with Gasteiger partial charge in [-0.05, 0) is 62.0 Å².